The minimum Gasteiger partial charge on any atom is -0.486 e. The van der Waals surface area contributed by atoms with Gasteiger partial charge in [-0.25, -0.2) is 9.78 Å². The molecule has 0 fully saturated rings. The molecule has 0 saturated carbocycles. The molecular weight excluding hydrogens is 260 g/mol. The predicted octanol–water partition coefficient (Wildman–Crippen LogP) is 2.15. The lowest BCUT2D eigenvalue weighted by molar-refractivity contribution is -0.140. The molecule has 6 heteroatoms. The molecule has 20 heavy (non-hydrogen) atoms. The number of hydrogen-bond acceptors (Lipinski definition) is 4. The SMILES string of the molecule is CCC(C(=O)O)n1c(C)nc2cc3c(cc21)OCCO3. The molecule has 0 radical (unpaired) electrons. The van der Waals surface area contributed by atoms with Gasteiger partial charge in [-0.3, -0.25) is 0 Å². The van der Waals surface area contributed by atoms with E-state index in [-0.39, 0.29) is 0 Å². The minimum atomic E-state index is -0.857. The fourth-order valence-electron chi connectivity index (χ4n) is 2.61. The Kier molecular flexibility index (Phi) is 3.00. The van der Waals surface area contributed by atoms with Crippen LogP contribution in [0.3, 0.4) is 0 Å². The van der Waals surface area contributed by atoms with Crippen molar-refractivity contribution in [1.29, 1.82) is 0 Å². The van der Waals surface area contributed by atoms with Crippen LogP contribution < -0.4 is 9.47 Å². The minimum absolute atomic E-state index is 0.496. The van der Waals surface area contributed by atoms with E-state index in [2.05, 4.69) is 4.98 Å². The first kappa shape index (κ1) is 12.8. The molecule has 1 aromatic heterocycles. The van der Waals surface area contributed by atoms with Crippen molar-refractivity contribution in [2.45, 2.75) is 26.3 Å². The molecule has 1 aliphatic heterocycles. The summed E-state index contributed by atoms with van der Waals surface area (Å²) in [5.41, 5.74) is 1.49. The van der Waals surface area contributed by atoms with Gasteiger partial charge in [-0.05, 0) is 13.3 Å². The highest BCUT2D eigenvalue weighted by Crippen LogP contribution is 2.36. The number of imidazole rings is 1. The smallest absolute Gasteiger partial charge is 0.326 e. The van der Waals surface area contributed by atoms with Crippen LogP contribution in [0.15, 0.2) is 12.1 Å². The maximum Gasteiger partial charge on any atom is 0.326 e. The van der Waals surface area contributed by atoms with Crippen molar-refractivity contribution in [3.63, 3.8) is 0 Å². The molecule has 6 nitrogen and oxygen atoms in total. The summed E-state index contributed by atoms with van der Waals surface area (Å²) in [4.78, 5) is 15.8. The highest BCUT2D eigenvalue weighted by Gasteiger charge is 2.24. The van der Waals surface area contributed by atoms with Crippen molar-refractivity contribution < 1.29 is 19.4 Å². The van der Waals surface area contributed by atoms with Crippen molar-refractivity contribution in [2.75, 3.05) is 13.2 Å². The zero-order chi connectivity index (χ0) is 14.3. The Labute approximate surface area is 115 Å². The summed E-state index contributed by atoms with van der Waals surface area (Å²) >= 11 is 0. The first-order valence-corrected chi connectivity index (χ1v) is 6.62. The Hall–Kier alpha value is -2.24. The molecule has 1 N–H and O–H groups in total. The lowest BCUT2D eigenvalue weighted by Gasteiger charge is -2.19. The highest BCUT2D eigenvalue weighted by molar-refractivity contribution is 5.83. The van der Waals surface area contributed by atoms with Crippen LogP contribution in [0, 0.1) is 6.92 Å². The number of fused-ring (bicyclic) bond motifs is 2. The molecule has 1 aliphatic rings. The molecule has 2 aromatic rings. The second-order valence-electron chi connectivity index (χ2n) is 4.78. The molecular formula is C14H16N2O4. The topological polar surface area (TPSA) is 73.6 Å². The molecule has 3 rings (SSSR count). The third-order valence-electron chi connectivity index (χ3n) is 3.51. The van der Waals surface area contributed by atoms with Crippen molar-refractivity contribution >= 4 is 17.0 Å². The van der Waals surface area contributed by atoms with Crippen LogP contribution in [0.4, 0.5) is 0 Å². The Morgan fingerprint density at radius 2 is 2.05 bits per heavy atom. The molecule has 0 saturated heterocycles. The number of hydrogen-bond donors (Lipinski definition) is 1. The number of ether oxygens (including phenoxy) is 2. The average Bonchev–Trinajstić information content (AvgIpc) is 2.73. The number of aromatic nitrogens is 2. The van der Waals surface area contributed by atoms with Crippen LogP contribution in [0.5, 0.6) is 11.5 Å². The van der Waals surface area contributed by atoms with Gasteiger partial charge in [0.05, 0.1) is 11.0 Å². The molecule has 106 valence electrons. The zero-order valence-corrected chi connectivity index (χ0v) is 11.4. The van der Waals surface area contributed by atoms with E-state index in [1.807, 2.05) is 26.0 Å². The van der Waals surface area contributed by atoms with E-state index in [0.717, 1.165) is 11.0 Å². The first-order valence-electron chi connectivity index (χ1n) is 6.62. The van der Waals surface area contributed by atoms with E-state index >= 15 is 0 Å². The van der Waals surface area contributed by atoms with Crippen LogP contribution in [-0.2, 0) is 4.79 Å². The standard InChI is InChI=1S/C14H16N2O4/c1-3-10(14(17)18)16-8(2)15-9-6-12-13(7-11(9)16)20-5-4-19-12/h6-7,10H,3-5H2,1-2H3,(H,17,18). The number of carbonyl (C=O) groups is 1. The molecule has 0 spiro atoms. The van der Waals surface area contributed by atoms with Gasteiger partial charge in [0.1, 0.15) is 25.1 Å². The van der Waals surface area contributed by atoms with Gasteiger partial charge in [-0.15, -0.1) is 0 Å². The lowest BCUT2D eigenvalue weighted by atomic mass is 10.2. The van der Waals surface area contributed by atoms with Crippen LogP contribution in [0.2, 0.25) is 0 Å². The van der Waals surface area contributed by atoms with E-state index in [4.69, 9.17) is 9.47 Å². The molecule has 1 unspecified atom stereocenters. The summed E-state index contributed by atoms with van der Waals surface area (Å²) in [6, 6.07) is 3.00. The summed E-state index contributed by atoms with van der Waals surface area (Å²) in [5.74, 6) is 1.13. The van der Waals surface area contributed by atoms with Gasteiger partial charge in [0.15, 0.2) is 11.5 Å². The normalized spacial score (nSPS) is 15.3. The number of aliphatic carboxylic acids is 1. The second-order valence-corrected chi connectivity index (χ2v) is 4.78. The van der Waals surface area contributed by atoms with Crippen molar-refractivity contribution in [2.24, 2.45) is 0 Å². The number of nitrogens with zero attached hydrogens (tertiary/aromatic N) is 2. The summed E-state index contributed by atoms with van der Waals surface area (Å²) in [7, 11) is 0. The van der Waals surface area contributed by atoms with E-state index in [0.29, 0.717) is 37.0 Å². The number of carboxylic acids is 1. The number of rotatable bonds is 3. The van der Waals surface area contributed by atoms with Crippen LogP contribution in [-0.4, -0.2) is 33.8 Å². The Morgan fingerprint density at radius 3 is 2.65 bits per heavy atom. The first-order chi connectivity index (χ1) is 9.61. The number of aryl methyl sites for hydroxylation is 1. The molecule has 1 aromatic carbocycles. The Balaban J connectivity index is 2.21. The zero-order valence-electron chi connectivity index (χ0n) is 11.4. The van der Waals surface area contributed by atoms with E-state index in [9.17, 15) is 9.90 Å². The van der Waals surface area contributed by atoms with Crippen molar-refractivity contribution in [3.05, 3.63) is 18.0 Å². The predicted molar refractivity (Wildman–Crippen MR) is 72.4 cm³/mol. The number of carboxylic acid groups (broad SMARTS) is 1. The number of benzene rings is 1. The van der Waals surface area contributed by atoms with Gasteiger partial charge in [0.2, 0.25) is 0 Å². The highest BCUT2D eigenvalue weighted by atomic mass is 16.6. The third-order valence-corrected chi connectivity index (χ3v) is 3.51. The van der Waals surface area contributed by atoms with Gasteiger partial charge in [0, 0.05) is 12.1 Å². The summed E-state index contributed by atoms with van der Waals surface area (Å²) in [6.07, 6.45) is 0.496. The van der Waals surface area contributed by atoms with Gasteiger partial charge in [0.25, 0.3) is 0 Å². The monoisotopic (exact) mass is 276 g/mol. The van der Waals surface area contributed by atoms with Gasteiger partial charge in [-0.1, -0.05) is 6.92 Å². The second kappa shape index (κ2) is 4.70. The Morgan fingerprint density at radius 1 is 1.40 bits per heavy atom. The van der Waals surface area contributed by atoms with Crippen molar-refractivity contribution in [3.8, 4) is 11.5 Å². The fourth-order valence-corrected chi connectivity index (χ4v) is 2.61. The van der Waals surface area contributed by atoms with E-state index < -0.39 is 12.0 Å². The van der Waals surface area contributed by atoms with Crippen LogP contribution in [0.1, 0.15) is 25.2 Å². The van der Waals surface area contributed by atoms with Crippen LogP contribution >= 0.6 is 0 Å². The summed E-state index contributed by atoms with van der Waals surface area (Å²) in [5, 5.41) is 9.36. The lowest BCUT2D eigenvalue weighted by Crippen LogP contribution is -2.19. The maximum atomic E-state index is 11.4. The third kappa shape index (κ3) is 1.88. The molecule has 1 atom stereocenters. The molecule has 2 heterocycles. The summed E-state index contributed by atoms with van der Waals surface area (Å²) in [6.45, 7) is 4.68. The van der Waals surface area contributed by atoms with Crippen LogP contribution in [0.25, 0.3) is 11.0 Å². The Bertz CT molecular complexity index is 677. The van der Waals surface area contributed by atoms with Gasteiger partial charge < -0.3 is 19.1 Å². The molecule has 0 bridgehead atoms. The fraction of sp³-hybridized carbons (Fsp3) is 0.429. The molecule has 0 aliphatic carbocycles. The van der Waals surface area contributed by atoms with E-state index in [1.54, 1.807) is 4.57 Å². The largest absolute Gasteiger partial charge is 0.486 e. The van der Waals surface area contributed by atoms with Gasteiger partial charge >= 0.3 is 5.97 Å². The van der Waals surface area contributed by atoms with Crippen molar-refractivity contribution in [1.82, 2.24) is 9.55 Å². The van der Waals surface area contributed by atoms with Gasteiger partial charge in [-0.2, -0.15) is 0 Å². The quantitative estimate of drug-likeness (QED) is 0.929. The average molecular weight is 276 g/mol. The maximum absolute atomic E-state index is 11.4. The summed E-state index contributed by atoms with van der Waals surface area (Å²) < 4.78 is 12.8. The molecule has 0 amide bonds. The van der Waals surface area contributed by atoms with E-state index in [1.165, 1.54) is 0 Å².